The Morgan fingerprint density at radius 3 is 2.71 bits per heavy atom. The SMILES string of the molecule is CCOC(=O)c1csc(CN(CCC(C)C)C(=O)Nc2ccc(F)cc2F)n1. The standard InChI is InChI=1S/C19H23F2N3O3S/c1-4-27-18(25)16-11-28-17(22-16)10-24(8-7-12(2)3)19(26)23-15-6-5-13(20)9-14(15)21/h5-6,9,11-12H,4,7-8,10H2,1-3H3,(H,23,26). The van der Waals surface area contributed by atoms with Gasteiger partial charge in [0.15, 0.2) is 5.69 Å². The van der Waals surface area contributed by atoms with Crippen molar-refractivity contribution in [2.24, 2.45) is 5.92 Å². The van der Waals surface area contributed by atoms with E-state index in [2.05, 4.69) is 10.3 Å². The van der Waals surface area contributed by atoms with Crippen molar-refractivity contribution in [3.05, 3.63) is 45.9 Å². The highest BCUT2D eigenvalue weighted by molar-refractivity contribution is 7.09. The molecule has 2 amide bonds. The number of amides is 2. The number of thiazole rings is 1. The van der Waals surface area contributed by atoms with E-state index in [0.717, 1.165) is 12.5 Å². The summed E-state index contributed by atoms with van der Waals surface area (Å²) in [6.07, 6.45) is 0.732. The summed E-state index contributed by atoms with van der Waals surface area (Å²) >= 11 is 1.24. The van der Waals surface area contributed by atoms with Crippen molar-refractivity contribution in [2.75, 3.05) is 18.5 Å². The molecule has 0 aliphatic heterocycles. The van der Waals surface area contributed by atoms with Gasteiger partial charge in [0.1, 0.15) is 16.6 Å². The molecule has 6 nitrogen and oxygen atoms in total. The zero-order valence-corrected chi connectivity index (χ0v) is 16.8. The zero-order valence-electron chi connectivity index (χ0n) is 16.0. The average molecular weight is 411 g/mol. The number of nitrogens with one attached hydrogen (secondary N) is 1. The largest absolute Gasteiger partial charge is 0.461 e. The lowest BCUT2D eigenvalue weighted by Gasteiger charge is -2.23. The fraction of sp³-hybridized carbons (Fsp3) is 0.421. The molecular weight excluding hydrogens is 388 g/mol. The topological polar surface area (TPSA) is 71.5 Å². The van der Waals surface area contributed by atoms with Crippen molar-refractivity contribution in [1.29, 1.82) is 0 Å². The molecule has 0 spiro atoms. The van der Waals surface area contributed by atoms with Gasteiger partial charge in [-0.15, -0.1) is 11.3 Å². The van der Waals surface area contributed by atoms with Crippen LogP contribution in [-0.2, 0) is 11.3 Å². The van der Waals surface area contributed by atoms with Gasteiger partial charge < -0.3 is 15.0 Å². The Morgan fingerprint density at radius 2 is 2.07 bits per heavy atom. The highest BCUT2D eigenvalue weighted by Crippen LogP contribution is 2.18. The number of rotatable bonds is 8. The predicted molar refractivity (Wildman–Crippen MR) is 103 cm³/mol. The van der Waals surface area contributed by atoms with Gasteiger partial charge >= 0.3 is 12.0 Å². The van der Waals surface area contributed by atoms with Crippen molar-refractivity contribution < 1.29 is 23.1 Å². The van der Waals surface area contributed by atoms with Gasteiger partial charge in [0.25, 0.3) is 0 Å². The van der Waals surface area contributed by atoms with Gasteiger partial charge in [-0.2, -0.15) is 0 Å². The van der Waals surface area contributed by atoms with Crippen molar-refractivity contribution in [1.82, 2.24) is 9.88 Å². The van der Waals surface area contributed by atoms with Gasteiger partial charge in [-0.1, -0.05) is 13.8 Å². The summed E-state index contributed by atoms with van der Waals surface area (Å²) in [6.45, 7) is 6.58. The van der Waals surface area contributed by atoms with Crippen LogP contribution in [0.3, 0.4) is 0 Å². The molecule has 2 aromatic rings. The monoisotopic (exact) mass is 411 g/mol. The smallest absolute Gasteiger partial charge is 0.357 e. The summed E-state index contributed by atoms with van der Waals surface area (Å²) in [7, 11) is 0. The number of urea groups is 1. The van der Waals surface area contributed by atoms with E-state index < -0.39 is 23.6 Å². The lowest BCUT2D eigenvalue weighted by atomic mass is 10.1. The summed E-state index contributed by atoms with van der Waals surface area (Å²) in [5.74, 6) is -1.74. The van der Waals surface area contributed by atoms with E-state index in [1.807, 2.05) is 13.8 Å². The van der Waals surface area contributed by atoms with Crippen LogP contribution in [0.2, 0.25) is 0 Å². The van der Waals surface area contributed by atoms with Crippen molar-refractivity contribution in [3.63, 3.8) is 0 Å². The Labute approximate surface area is 166 Å². The second-order valence-corrected chi connectivity index (χ2v) is 7.45. The number of benzene rings is 1. The Hall–Kier alpha value is -2.55. The third-order valence-electron chi connectivity index (χ3n) is 3.80. The second kappa shape index (κ2) is 10.1. The molecule has 0 bridgehead atoms. The average Bonchev–Trinajstić information content (AvgIpc) is 3.09. The quantitative estimate of drug-likeness (QED) is 0.641. The summed E-state index contributed by atoms with van der Waals surface area (Å²) in [5.41, 5.74) is 0.0861. The fourth-order valence-electron chi connectivity index (χ4n) is 2.30. The molecule has 1 aromatic carbocycles. The lowest BCUT2D eigenvalue weighted by Crippen LogP contribution is -2.36. The van der Waals surface area contributed by atoms with Crippen molar-refractivity contribution in [3.8, 4) is 0 Å². The molecule has 0 unspecified atom stereocenters. The van der Waals surface area contributed by atoms with Gasteiger partial charge in [0.05, 0.1) is 18.8 Å². The number of hydrogen-bond acceptors (Lipinski definition) is 5. The number of esters is 1. The number of hydrogen-bond donors (Lipinski definition) is 1. The van der Waals surface area contributed by atoms with Crippen LogP contribution in [0.15, 0.2) is 23.6 Å². The summed E-state index contributed by atoms with van der Waals surface area (Å²) in [6, 6.07) is 2.43. The van der Waals surface area contributed by atoms with Gasteiger partial charge in [-0.3, -0.25) is 0 Å². The van der Waals surface area contributed by atoms with E-state index in [1.54, 1.807) is 12.3 Å². The maximum absolute atomic E-state index is 13.8. The highest BCUT2D eigenvalue weighted by atomic mass is 32.1. The molecule has 0 aliphatic carbocycles. The molecule has 1 heterocycles. The van der Waals surface area contributed by atoms with Gasteiger partial charge in [0.2, 0.25) is 0 Å². The molecule has 152 valence electrons. The molecule has 0 aliphatic rings. The van der Waals surface area contributed by atoms with E-state index in [0.29, 0.717) is 23.5 Å². The minimum absolute atomic E-state index is 0.104. The summed E-state index contributed by atoms with van der Waals surface area (Å²) in [4.78, 5) is 30.1. The number of ether oxygens (including phenoxy) is 1. The maximum atomic E-state index is 13.8. The third kappa shape index (κ3) is 6.26. The van der Waals surface area contributed by atoms with Crippen LogP contribution in [0, 0.1) is 17.6 Å². The Balaban J connectivity index is 2.12. The number of nitrogens with zero attached hydrogens (tertiary/aromatic N) is 2. The molecule has 9 heteroatoms. The van der Waals surface area contributed by atoms with E-state index in [9.17, 15) is 18.4 Å². The number of carbonyl (C=O) groups is 2. The molecule has 0 saturated carbocycles. The molecular formula is C19H23F2N3O3S. The highest BCUT2D eigenvalue weighted by Gasteiger charge is 2.19. The van der Waals surface area contributed by atoms with Crippen LogP contribution >= 0.6 is 11.3 Å². The molecule has 28 heavy (non-hydrogen) atoms. The van der Waals surface area contributed by atoms with Crippen molar-refractivity contribution in [2.45, 2.75) is 33.7 Å². The first-order valence-electron chi connectivity index (χ1n) is 8.92. The van der Waals surface area contributed by atoms with Gasteiger partial charge in [-0.25, -0.2) is 23.4 Å². The molecule has 2 rings (SSSR count). The lowest BCUT2D eigenvalue weighted by molar-refractivity contribution is 0.0520. The number of halogens is 2. The Kier molecular flexibility index (Phi) is 7.86. The fourth-order valence-corrected chi connectivity index (χ4v) is 3.08. The minimum Gasteiger partial charge on any atom is -0.461 e. The van der Waals surface area contributed by atoms with Gasteiger partial charge in [0, 0.05) is 18.0 Å². The minimum atomic E-state index is -0.851. The molecule has 0 fully saturated rings. The summed E-state index contributed by atoms with van der Waals surface area (Å²) in [5, 5.41) is 4.59. The van der Waals surface area contributed by atoms with E-state index >= 15 is 0 Å². The number of aromatic nitrogens is 1. The van der Waals surface area contributed by atoms with E-state index in [1.165, 1.54) is 22.3 Å². The second-order valence-electron chi connectivity index (χ2n) is 6.51. The van der Waals surface area contributed by atoms with Crippen LogP contribution < -0.4 is 5.32 Å². The first kappa shape index (κ1) is 21.7. The molecule has 1 N–H and O–H groups in total. The zero-order chi connectivity index (χ0) is 20.7. The Bertz CT molecular complexity index is 827. The van der Waals surface area contributed by atoms with Crippen LogP contribution in [-0.4, -0.2) is 35.0 Å². The van der Waals surface area contributed by atoms with Crippen molar-refractivity contribution >= 4 is 29.0 Å². The molecule has 0 radical (unpaired) electrons. The third-order valence-corrected chi connectivity index (χ3v) is 4.63. The molecule has 0 atom stereocenters. The van der Waals surface area contributed by atoms with E-state index in [4.69, 9.17) is 4.74 Å². The predicted octanol–water partition coefficient (Wildman–Crippen LogP) is 4.68. The number of carbonyl (C=O) groups excluding carboxylic acids is 2. The van der Waals surface area contributed by atoms with Crippen LogP contribution in [0.1, 0.15) is 42.7 Å². The Morgan fingerprint density at radius 1 is 1.32 bits per heavy atom. The molecule has 1 aromatic heterocycles. The van der Waals surface area contributed by atoms with Crippen LogP contribution in [0.5, 0.6) is 0 Å². The molecule has 0 saturated heterocycles. The van der Waals surface area contributed by atoms with Gasteiger partial charge in [-0.05, 0) is 31.4 Å². The van der Waals surface area contributed by atoms with E-state index in [-0.39, 0.29) is 24.5 Å². The van der Waals surface area contributed by atoms with Crippen LogP contribution in [0.25, 0.3) is 0 Å². The first-order valence-corrected chi connectivity index (χ1v) is 9.80. The normalized spacial score (nSPS) is 10.8. The summed E-state index contributed by atoms with van der Waals surface area (Å²) < 4.78 is 31.8. The van der Waals surface area contributed by atoms with Crippen LogP contribution in [0.4, 0.5) is 19.3 Å². The first-order chi connectivity index (χ1) is 13.3. The maximum Gasteiger partial charge on any atom is 0.357 e. The number of anilines is 1.